The van der Waals surface area contributed by atoms with Crippen LogP contribution >= 0.6 is 23.2 Å². The lowest BCUT2D eigenvalue weighted by atomic mass is 10.4. The predicted octanol–water partition coefficient (Wildman–Crippen LogP) is 1.07. The van der Waals surface area contributed by atoms with Crippen LogP contribution in [-0.4, -0.2) is 24.0 Å². The molecule has 0 radical (unpaired) electrons. The number of guanidine groups is 1. The second-order valence-corrected chi connectivity index (χ2v) is 3.56. The van der Waals surface area contributed by atoms with Crippen LogP contribution in [0.4, 0.5) is 5.82 Å². The van der Waals surface area contributed by atoms with Crippen molar-refractivity contribution >= 4 is 35.0 Å². The molecule has 1 heterocycles. The quantitative estimate of drug-likeness (QED) is 0.422. The second-order valence-electron chi connectivity index (χ2n) is 2.72. The van der Waals surface area contributed by atoms with Crippen LogP contribution in [0.2, 0.25) is 10.0 Å². The molecule has 0 aliphatic carbocycles. The number of aromatic nitrogens is 1. The fourth-order valence-corrected chi connectivity index (χ4v) is 1.35. The number of aliphatic imine (C=N–C) groups is 1. The molecule has 82 valence electrons. The third kappa shape index (κ3) is 4.22. The van der Waals surface area contributed by atoms with E-state index in [4.69, 9.17) is 34.7 Å². The van der Waals surface area contributed by atoms with Crippen LogP contribution in [0.5, 0.6) is 0 Å². The molecule has 5 nitrogen and oxygen atoms in total. The first-order valence-corrected chi connectivity index (χ1v) is 4.95. The van der Waals surface area contributed by atoms with Crippen LogP contribution < -0.4 is 16.8 Å². The van der Waals surface area contributed by atoms with E-state index in [0.29, 0.717) is 29.0 Å². The van der Waals surface area contributed by atoms with Gasteiger partial charge in [0.2, 0.25) is 0 Å². The van der Waals surface area contributed by atoms with Gasteiger partial charge in [-0.15, -0.1) is 0 Å². The number of anilines is 1. The Morgan fingerprint density at radius 3 is 2.80 bits per heavy atom. The topological polar surface area (TPSA) is 89.3 Å². The van der Waals surface area contributed by atoms with E-state index in [0.717, 1.165) is 0 Å². The van der Waals surface area contributed by atoms with E-state index < -0.39 is 0 Å². The highest BCUT2D eigenvalue weighted by molar-refractivity contribution is 6.35. The number of hydrogen-bond acceptors (Lipinski definition) is 3. The minimum atomic E-state index is 0.0620. The molecule has 0 aliphatic heterocycles. The van der Waals surface area contributed by atoms with Gasteiger partial charge in [0, 0.05) is 12.7 Å². The van der Waals surface area contributed by atoms with E-state index in [9.17, 15) is 0 Å². The van der Waals surface area contributed by atoms with Gasteiger partial charge in [-0.2, -0.15) is 0 Å². The van der Waals surface area contributed by atoms with Crippen molar-refractivity contribution in [3.8, 4) is 0 Å². The number of nitrogens with zero attached hydrogens (tertiary/aromatic N) is 2. The van der Waals surface area contributed by atoms with Crippen molar-refractivity contribution in [2.24, 2.45) is 16.5 Å². The van der Waals surface area contributed by atoms with Crippen LogP contribution in [0, 0.1) is 0 Å². The SMILES string of the molecule is NC(N)=NCCNc1ncc(Cl)cc1Cl. The Bertz CT molecular complexity index is 362. The van der Waals surface area contributed by atoms with Crippen LogP contribution in [0.3, 0.4) is 0 Å². The molecule has 15 heavy (non-hydrogen) atoms. The van der Waals surface area contributed by atoms with E-state index in [-0.39, 0.29) is 5.96 Å². The fourth-order valence-electron chi connectivity index (χ4n) is 0.904. The molecule has 0 aromatic carbocycles. The van der Waals surface area contributed by atoms with Crippen LogP contribution in [0.25, 0.3) is 0 Å². The standard InChI is InChI=1S/C8H11Cl2N5/c9-5-3-6(10)7(15-4-5)13-1-2-14-8(11)12/h3-4H,1-2H2,(H,13,15)(H4,11,12,14). The van der Waals surface area contributed by atoms with Crippen molar-refractivity contribution in [2.75, 3.05) is 18.4 Å². The Balaban J connectivity index is 2.47. The smallest absolute Gasteiger partial charge is 0.185 e. The first-order valence-electron chi connectivity index (χ1n) is 4.20. The van der Waals surface area contributed by atoms with E-state index >= 15 is 0 Å². The summed E-state index contributed by atoms with van der Waals surface area (Å²) >= 11 is 11.6. The third-order valence-electron chi connectivity index (χ3n) is 1.51. The molecule has 0 bridgehead atoms. The summed E-state index contributed by atoms with van der Waals surface area (Å²) in [4.78, 5) is 7.81. The van der Waals surface area contributed by atoms with Gasteiger partial charge in [0.25, 0.3) is 0 Å². The lowest BCUT2D eigenvalue weighted by molar-refractivity contribution is 1.00. The summed E-state index contributed by atoms with van der Waals surface area (Å²) in [6.45, 7) is 1.01. The van der Waals surface area contributed by atoms with Gasteiger partial charge in [0.05, 0.1) is 16.6 Å². The summed E-state index contributed by atoms with van der Waals surface area (Å²) < 4.78 is 0. The number of pyridine rings is 1. The Hall–Kier alpha value is -1.20. The number of nitrogens with one attached hydrogen (secondary N) is 1. The molecule has 0 saturated carbocycles. The van der Waals surface area contributed by atoms with Crippen molar-refractivity contribution in [3.63, 3.8) is 0 Å². The normalized spacial score (nSPS) is 9.73. The van der Waals surface area contributed by atoms with Gasteiger partial charge in [-0.05, 0) is 6.07 Å². The summed E-state index contributed by atoms with van der Waals surface area (Å²) in [7, 11) is 0. The largest absolute Gasteiger partial charge is 0.370 e. The van der Waals surface area contributed by atoms with Gasteiger partial charge in [0.1, 0.15) is 5.82 Å². The van der Waals surface area contributed by atoms with Crippen molar-refractivity contribution in [1.29, 1.82) is 0 Å². The molecule has 1 aromatic heterocycles. The summed E-state index contributed by atoms with van der Waals surface area (Å²) in [5, 5.41) is 3.94. The van der Waals surface area contributed by atoms with E-state index in [1.807, 2.05) is 0 Å². The van der Waals surface area contributed by atoms with Crippen molar-refractivity contribution in [1.82, 2.24) is 4.98 Å². The maximum Gasteiger partial charge on any atom is 0.185 e. The zero-order chi connectivity index (χ0) is 11.3. The van der Waals surface area contributed by atoms with Gasteiger partial charge in [-0.3, -0.25) is 4.99 Å². The highest BCUT2D eigenvalue weighted by Gasteiger charge is 2.01. The lowest BCUT2D eigenvalue weighted by Crippen LogP contribution is -2.24. The summed E-state index contributed by atoms with van der Waals surface area (Å²) in [5.74, 6) is 0.624. The van der Waals surface area contributed by atoms with Crippen molar-refractivity contribution < 1.29 is 0 Å². The first-order chi connectivity index (χ1) is 7.09. The van der Waals surface area contributed by atoms with Gasteiger partial charge in [-0.25, -0.2) is 4.98 Å². The number of halogens is 2. The monoisotopic (exact) mass is 247 g/mol. The molecular formula is C8H11Cl2N5. The molecule has 0 spiro atoms. The average Bonchev–Trinajstić information content (AvgIpc) is 2.14. The van der Waals surface area contributed by atoms with E-state index in [2.05, 4.69) is 15.3 Å². The molecule has 0 atom stereocenters. The van der Waals surface area contributed by atoms with Crippen molar-refractivity contribution in [3.05, 3.63) is 22.3 Å². The highest BCUT2D eigenvalue weighted by Crippen LogP contribution is 2.21. The van der Waals surface area contributed by atoms with Crippen molar-refractivity contribution in [2.45, 2.75) is 0 Å². The van der Waals surface area contributed by atoms with Gasteiger partial charge < -0.3 is 16.8 Å². The molecule has 0 fully saturated rings. The Labute approximate surface area is 97.5 Å². The Morgan fingerprint density at radius 2 is 2.20 bits per heavy atom. The minimum Gasteiger partial charge on any atom is -0.370 e. The van der Waals surface area contributed by atoms with E-state index in [1.54, 1.807) is 6.07 Å². The molecular weight excluding hydrogens is 237 g/mol. The molecule has 0 amide bonds. The molecule has 1 rings (SSSR count). The predicted molar refractivity (Wildman–Crippen MR) is 63.4 cm³/mol. The van der Waals surface area contributed by atoms with Gasteiger partial charge in [-0.1, -0.05) is 23.2 Å². The molecule has 0 unspecified atom stereocenters. The summed E-state index contributed by atoms with van der Waals surface area (Å²) in [6, 6.07) is 1.61. The van der Waals surface area contributed by atoms with Crippen LogP contribution in [-0.2, 0) is 0 Å². The fraction of sp³-hybridized carbons (Fsp3) is 0.250. The minimum absolute atomic E-state index is 0.0620. The molecule has 1 aromatic rings. The Morgan fingerprint density at radius 1 is 1.47 bits per heavy atom. The number of nitrogens with two attached hydrogens (primary N) is 2. The number of rotatable bonds is 4. The van der Waals surface area contributed by atoms with Gasteiger partial charge in [0.15, 0.2) is 5.96 Å². The molecule has 0 aliphatic rings. The lowest BCUT2D eigenvalue weighted by Gasteiger charge is -2.05. The first kappa shape index (κ1) is 11.9. The Kier molecular flexibility index (Phi) is 4.45. The number of hydrogen-bond donors (Lipinski definition) is 3. The zero-order valence-corrected chi connectivity index (χ0v) is 9.39. The van der Waals surface area contributed by atoms with Crippen LogP contribution in [0.15, 0.2) is 17.3 Å². The molecule has 0 saturated heterocycles. The molecule has 5 N–H and O–H groups in total. The van der Waals surface area contributed by atoms with Crippen LogP contribution in [0.1, 0.15) is 0 Å². The highest BCUT2D eigenvalue weighted by atomic mass is 35.5. The average molecular weight is 248 g/mol. The molecule has 7 heteroatoms. The van der Waals surface area contributed by atoms with E-state index in [1.165, 1.54) is 6.20 Å². The zero-order valence-electron chi connectivity index (χ0n) is 7.87. The maximum atomic E-state index is 5.88. The third-order valence-corrected chi connectivity index (χ3v) is 2.00. The summed E-state index contributed by atoms with van der Waals surface area (Å²) in [5.41, 5.74) is 10.3. The van der Waals surface area contributed by atoms with Gasteiger partial charge >= 0.3 is 0 Å². The summed E-state index contributed by atoms with van der Waals surface area (Å²) in [6.07, 6.45) is 1.51. The maximum absolute atomic E-state index is 5.88. The second kappa shape index (κ2) is 5.63.